The molecule has 0 radical (unpaired) electrons. The van der Waals surface area contributed by atoms with E-state index in [1.165, 1.54) is 0 Å². The number of carbonyl (C=O) groups is 1. The zero-order chi connectivity index (χ0) is 9.61. The number of hydrogen-bond donors (Lipinski definition) is 3. The molecule has 0 aromatic carbocycles. The monoisotopic (exact) mass is 161 g/mol. The Morgan fingerprint density at radius 3 is 2.73 bits per heavy atom. The van der Waals surface area contributed by atoms with Gasteiger partial charge < -0.3 is 16.6 Å². The first kappa shape index (κ1) is 8.49. The van der Waals surface area contributed by atoms with Crippen LogP contribution in [0, 0.1) is 0 Å². The van der Waals surface area contributed by atoms with Gasteiger partial charge in [-0.05, 0) is 32.7 Å². The maximum absolute atomic E-state index is 10.6. The van der Waals surface area contributed by atoms with E-state index in [2.05, 4.69) is 0 Å². The number of nitrogens with two attached hydrogens (primary N) is 2. The van der Waals surface area contributed by atoms with Crippen molar-refractivity contribution in [3.05, 3.63) is 0 Å². The fourth-order valence-electron chi connectivity index (χ4n) is 0.692. The van der Waals surface area contributed by atoms with E-state index < -0.39 is 11.5 Å². The van der Waals surface area contributed by atoms with Crippen LogP contribution in [0.25, 0.3) is 0 Å². The van der Waals surface area contributed by atoms with E-state index in [1.54, 1.807) is 0 Å². The summed E-state index contributed by atoms with van der Waals surface area (Å²) >= 11 is 0. The molecule has 0 saturated heterocycles. The molecule has 11 heavy (non-hydrogen) atoms. The molecule has 0 spiro atoms. The fourth-order valence-corrected chi connectivity index (χ4v) is 0.692. The van der Waals surface area contributed by atoms with Crippen molar-refractivity contribution in [2.24, 2.45) is 11.5 Å². The van der Waals surface area contributed by atoms with Crippen LogP contribution in [0.5, 0.6) is 0 Å². The highest BCUT2D eigenvalue weighted by Gasteiger charge is 2.26. The number of rotatable bonds is 5. The van der Waals surface area contributed by atoms with Crippen molar-refractivity contribution in [2.75, 3.05) is 6.54 Å². The summed E-state index contributed by atoms with van der Waals surface area (Å²) in [5, 5.41) is 8.66. The Morgan fingerprint density at radius 2 is 2.36 bits per heavy atom. The highest BCUT2D eigenvalue weighted by molar-refractivity contribution is 5.77. The van der Waals surface area contributed by atoms with Gasteiger partial charge in [-0.25, -0.2) is 0 Å². The van der Waals surface area contributed by atoms with Crippen molar-refractivity contribution in [3.8, 4) is 0 Å². The second-order valence-corrected chi connectivity index (χ2v) is 2.71. The van der Waals surface area contributed by atoms with Gasteiger partial charge in [-0.15, -0.1) is 0 Å². The number of carboxylic acid groups (broad SMARTS) is 1. The van der Waals surface area contributed by atoms with Crippen molar-refractivity contribution in [1.82, 2.24) is 0 Å². The molecular formula is C7H16N2O2. The Balaban J connectivity index is 3.88. The summed E-state index contributed by atoms with van der Waals surface area (Å²) < 4.78 is 6.99. The first-order chi connectivity index (χ1) is 5.56. The maximum atomic E-state index is 10.6. The van der Waals surface area contributed by atoms with E-state index >= 15 is 0 Å². The second kappa shape index (κ2) is 4.31. The largest absolute Gasteiger partial charge is 0.480 e. The first-order valence-corrected chi connectivity index (χ1v) is 3.58. The minimum Gasteiger partial charge on any atom is -0.480 e. The molecule has 0 aromatic rings. The van der Waals surface area contributed by atoms with Crippen molar-refractivity contribution >= 4 is 5.97 Å². The Morgan fingerprint density at radius 1 is 1.73 bits per heavy atom. The number of unbranched alkanes of at least 4 members (excludes halogenated alkanes) is 1. The van der Waals surface area contributed by atoms with E-state index in [1.807, 2.05) is 0 Å². The molecule has 5 N–H and O–H groups in total. The zero-order valence-corrected chi connectivity index (χ0v) is 6.55. The van der Waals surface area contributed by atoms with E-state index in [0.29, 0.717) is 19.4 Å². The molecule has 66 valence electrons. The van der Waals surface area contributed by atoms with Crippen LogP contribution in [0.15, 0.2) is 0 Å². The Kier molecular flexibility index (Phi) is 3.32. The maximum Gasteiger partial charge on any atom is 0.323 e. The van der Waals surface area contributed by atoms with E-state index in [-0.39, 0.29) is 6.90 Å². The van der Waals surface area contributed by atoms with Crippen LogP contribution in [0.4, 0.5) is 0 Å². The third-order valence-electron chi connectivity index (χ3n) is 1.50. The van der Waals surface area contributed by atoms with Crippen LogP contribution in [0.1, 0.15) is 27.5 Å². The van der Waals surface area contributed by atoms with Gasteiger partial charge in [-0.3, -0.25) is 4.79 Å². The summed E-state index contributed by atoms with van der Waals surface area (Å²) in [4.78, 5) is 10.6. The number of aliphatic carboxylic acids is 1. The van der Waals surface area contributed by atoms with E-state index in [9.17, 15) is 4.79 Å². The lowest BCUT2D eigenvalue weighted by atomic mass is 9.96. The van der Waals surface area contributed by atoms with Gasteiger partial charge in [0, 0.05) is 1.37 Å². The molecule has 0 amide bonds. The molecule has 0 unspecified atom stereocenters. The quantitative estimate of drug-likeness (QED) is 0.492. The van der Waals surface area contributed by atoms with Gasteiger partial charge in [-0.1, -0.05) is 0 Å². The average molecular weight is 161 g/mol. The lowest BCUT2D eigenvalue weighted by Crippen LogP contribution is -2.44. The summed E-state index contributed by atoms with van der Waals surface area (Å²) in [6.07, 6.45) is 1.74. The van der Waals surface area contributed by atoms with Gasteiger partial charge >= 0.3 is 5.97 Å². The van der Waals surface area contributed by atoms with Crippen molar-refractivity contribution in [1.29, 1.82) is 0 Å². The first-order valence-electron chi connectivity index (χ1n) is 4.29. The lowest BCUT2D eigenvalue weighted by molar-refractivity contribution is -0.142. The minimum absolute atomic E-state index is 0.285. The van der Waals surface area contributed by atoms with E-state index in [0.717, 1.165) is 6.42 Å². The summed E-state index contributed by atoms with van der Waals surface area (Å²) in [5.74, 6) is -1.10. The topological polar surface area (TPSA) is 89.3 Å². The molecule has 0 bridgehead atoms. The fraction of sp³-hybridized carbons (Fsp3) is 0.857. The van der Waals surface area contributed by atoms with Gasteiger partial charge in [0.2, 0.25) is 0 Å². The smallest absolute Gasteiger partial charge is 0.323 e. The molecule has 0 aliphatic carbocycles. The second-order valence-electron chi connectivity index (χ2n) is 2.71. The van der Waals surface area contributed by atoms with Crippen molar-refractivity contribution in [3.63, 3.8) is 0 Å². The third-order valence-corrected chi connectivity index (χ3v) is 1.50. The van der Waals surface area contributed by atoms with Gasteiger partial charge in [-0.2, -0.15) is 0 Å². The molecule has 0 aliphatic rings. The van der Waals surface area contributed by atoms with Gasteiger partial charge in [0.15, 0.2) is 0 Å². The molecule has 4 heteroatoms. The summed E-state index contributed by atoms with van der Waals surface area (Å²) in [5.41, 5.74) is 9.31. The molecule has 4 nitrogen and oxygen atoms in total. The van der Waals surface area contributed by atoms with Crippen LogP contribution < -0.4 is 11.5 Å². The van der Waals surface area contributed by atoms with Crippen LogP contribution in [-0.2, 0) is 4.79 Å². The average Bonchev–Trinajstić information content (AvgIpc) is 2.04. The summed E-state index contributed by atoms with van der Waals surface area (Å²) in [6.45, 7) is 0.251. The molecule has 0 aliphatic heterocycles. The van der Waals surface area contributed by atoms with Crippen LogP contribution >= 0.6 is 0 Å². The molecule has 0 aromatic heterocycles. The molecule has 0 saturated carbocycles. The Labute approximate surface area is 68.0 Å². The highest BCUT2D eigenvalue weighted by atomic mass is 16.4. The van der Waals surface area contributed by atoms with Gasteiger partial charge in [0.05, 0.1) is 0 Å². The normalized spacial score (nSPS) is 17.1. The summed E-state index contributed by atoms with van der Waals surface area (Å²) in [6, 6.07) is 0. The highest BCUT2D eigenvalue weighted by Crippen LogP contribution is 2.09. The van der Waals surface area contributed by atoms with Gasteiger partial charge in [0.25, 0.3) is 0 Å². The third kappa shape index (κ3) is 3.95. The lowest BCUT2D eigenvalue weighted by Gasteiger charge is -2.18. The standard InChI is InChI=1S/C7H16N2O2/c1-7(9,6(10)11)4-2-3-5-8/h2-5,8-9H2,1H3,(H,10,11)/t7-/m0/s1/i1D. The molecule has 0 rings (SSSR count). The Bertz CT molecular complexity index is 154. The predicted molar refractivity (Wildman–Crippen MR) is 43.1 cm³/mol. The molecule has 0 heterocycles. The minimum atomic E-state index is -1.38. The molecule has 0 fully saturated rings. The predicted octanol–water partition coefficient (Wildman–Crippen LogP) is -0.0826. The zero-order valence-electron chi connectivity index (χ0n) is 7.55. The summed E-state index contributed by atoms with van der Waals surface area (Å²) in [7, 11) is 0. The van der Waals surface area contributed by atoms with Crippen LogP contribution in [0.3, 0.4) is 0 Å². The van der Waals surface area contributed by atoms with Crippen molar-refractivity contribution in [2.45, 2.75) is 31.7 Å². The molecule has 1 atom stereocenters. The van der Waals surface area contributed by atoms with E-state index in [4.69, 9.17) is 17.9 Å². The van der Waals surface area contributed by atoms with Crippen LogP contribution in [0.2, 0.25) is 0 Å². The Hall–Kier alpha value is -0.610. The number of hydrogen-bond acceptors (Lipinski definition) is 3. The van der Waals surface area contributed by atoms with Crippen LogP contribution in [-0.4, -0.2) is 23.2 Å². The molecular weight excluding hydrogens is 144 g/mol. The number of carboxylic acids is 1. The SMILES string of the molecule is [2H]C[C@](N)(CCCCN)C(=O)O. The van der Waals surface area contributed by atoms with Gasteiger partial charge in [0.1, 0.15) is 5.54 Å². The van der Waals surface area contributed by atoms with Crippen molar-refractivity contribution < 1.29 is 11.3 Å².